The van der Waals surface area contributed by atoms with Crippen molar-refractivity contribution in [3.63, 3.8) is 0 Å². The number of nitrogens with one attached hydrogen (secondary N) is 1. The van der Waals surface area contributed by atoms with Gasteiger partial charge in [-0.3, -0.25) is 4.79 Å². The Morgan fingerprint density at radius 2 is 1.87 bits per heavy atom. The average molecular weight is 409 g/mol. The Hall–Kier alpha value is -2.53. The van der Waals surface area contributed by atoms with Gasteiger partial charge in [-0.25, -0.2) is 0 Å². The lowest BCUT2D eigenvalue weighted by molar-refractivity contribution is -0.0731. The highest BCUT2D eigenvalue weighted by atomic mass is 16.5. The molecule has 4 N–H and O–H groups in total. The van der Waals surface area contributed by atoms with E-state index in [0.717, 1.165) is 25.7 Å². The number of aryl methyl sites for hydroxylation is 1. The third-order valence-electron chi connectivity index (χ3n) is 7.62. The predicted octanol–water partition coefficient (Wildman–Crippen LogP) is 4.53. The van der Waals surface area contributed by atoms with Crippen molar-refractivity contribution in [2.45, 2.75) is 58.0 Å². The number of fused-ring (bicyclic) bond motifs is 3. The summed E-state index contributed by atoms with van der Waals surface area (Å²) in [5, 5.41) is 13.6. The first-order chi connectivity index (χ1) is 14.2. The molecule has 30 heavy (non-hydrogen) atoms. The molecule has 2 aromatic carbocycles. The van der Waals surface area contributed by atoms with Crippen LogP contribution in [-0.4, -0.2) is 24.2 Å². The third kappa shape index (κ3) is 3.25. The molecule has 0 heterocycles. The summed E-state index contributed by atoms with van der Waals surface area (Å²) < 4.78 is 5.66. The van der Waals surface area contributed by atoms with E-state index >= 15 is 0 Å². The van der Waals surface area contributed by atoms with Gasteiger partial charge in [0.15, 0.2) is 0 Å². The molecule has 2 aliphatic rings. The summed E-state index contributed by atoms with van der Waals surface area (Å²) in [5.41, 5.74) is 9.94. The number of hydrogen-bond acceptors (Lipinski definition) is 4. The van der Waals surface area contributed by atoms with Gasteiger partial charge in [0.25, 0.3) is 5.91 Å². The summed E-state index contributed by atoms with van der Waals surface area (Å²) in [6.45, 7) is 6.70. The first kappa shape index (κ1) is 20.7. The number of nitrogen functional groups attached to an aromatic ring is 1. The van der Waals surface area contributed by atoms with Gasteiger partial charge in [-0.1, -0.05) is 20.8 Å². The molecule has 5 nitrogen and oxygen atoms in total. The van der Waals surface area contributed by atoms with Gasteiger partial charge in [-0.2, -0.15) is 0 Å². The molecule has 0 unspecified atom stereocenters. The van der Waals surface area contributed by atoms with Crippen LogP contribution in [0.5, 0.6) is 5.75 Å². The summed E-state index contributed by atoms with van der Waals surface area (Å²) in [7, 11) is 1.61. The minimum absolute atomic E-state index is 0.0322. The summed E-state index contributed by atoms with van der Waals surface area (Å²) in [5.74, 6) is 0.791. The smallest absolute Gasteiger partial charge is 0.259 e. The highest BCUT2D eigenvalue weighted by Crippen LogP contribution is 2.57. The maximum atomic E-state index is 13.0. The van der Waals surface area contributed by atoms with Gasteiger partial charge in [-0.05, 0) is 90.0 Å². The average Bonchev–Trinajstić information content (AvgIpc) is 2.72. The van der Waals surface area contributed by atoms with Crippen molar-refractivity contribution in [3.05, 3.63) is 53.1 Å². The van der Waals surface area contributed by atoms with E-state index in [1.165, 1.54) is 11.1 Å². The largest absolute Gasteiger partial charge is 0.496 e. The van der Waals surface area contributed by atoms with E-state index in [9.17, 15) is 9.90 Å². The summed E-state index contributed by atoms with van der Waals surface area (Å²) in [6.07, 6.45) is 3.37. The SMILES string of the molecule is COc1cc2c(cc1C(=O)Nc1ccc(N)cc1)CC[C@H]1C(C)(C)[C@@H](O)CC[C@]21C. The van der Waals surface area contributed by atoms with E-state index in [-0.39, 0.29) is 22.8 Å². The molecule has 0 radical (unpaired) electrons. The number of ether oxygens (including phenoxy) is 1. The maximum absolute atomic E-state index is 13.0. The number of amides is 1. The van der Waals surface area contributed by atoms with Crippen LogP contribution in [0, 0.1) is 11.3 Å². The van der Waals surface area contributed by atoms with Gasteiger partial charge >= 0.3 is 0 Å². The van der Waals surface area contributed by atoms with Crippen LogP contribution in [-0.2, 0) is 11.8 Å². The predicted molar refractivity (Wildman–Crippen MR) is 120 cm³/mol. The number of aliphatic hydroxyl groups is 1. The molecule has 0 spiro atoms. The maximum Gasteiger partial charge on any atom is 0.259 e. The molecule has 0 aromatic heterocycles. The van der Waals surface area contributed by atoms with E-state index in [1.807, 2.05) is 6.07 Å². The van der Waals surface area contributed by atoms with Crippen molar-refractivity contribution in [2.75, 3.05) is 18.2 Å². The molecular formula is C25H32N2O3. The Bertz CT molecular complexity index is 967. The van der Waals surface area contributed by atoms with E-state index in [2.05, 4.69) is 32.2 Å². The molecule has 3 atom stereocenters. The highest BCUT2D eigenvalue weighted by Gasteiger charge is 2.53. The molecule has 1 amide bonds. The Morgan fingerprint density at radius 1 is 1.17 bits per heavy atom. The molecular weight excluding hydrogens is 376 g/mol. The molecule has 2 aromatic rings. The lowest BCUT2D eigenvalue weighted by Crippen LogP contribution is -2.53. The van der Waals surface area contributed by atoms with Gasteiger partial charge in [0.2, 0.25) is 0 Å². The van der Waals surface area contributed by atoms with E-state index in [4.69, 9.17) is 10.5 Å². The molecule has 0 saturated heterocycles. The quantitative estimate of drug-likeness (QED) is 0.652. The fourth-order valence-electron chi connectivity index (χ4n) is 5.82. The lowest BCUT2D eigenvalue weighted by atomic mass is 9.49. The molecule has 0 aliphatic heterocycles. The number of carbonyl (C=O) groups excluding carboxylic acids is 1. The molecule has 1 fully saturated rings. The van der Waals surface area contributed by atoms with Crippen molar-refractivity contribution in [1.29, 1.82) is 0 Å². The van der Waals surface area contributed by atoms with Crippen LogP contribution >= 0.6 is 0 Å². The number of aliphatic hydroxyl groups excluding tert-OH is 1. The summed E-state index contributed by atoms with van der Waals surface area (Å²) in [6, 6.07) is 11.2. The van der Waals surface area contributed by atoms with E-state index < -0.39 is 0 Å². The van der Waals surface area contributed by atoms with Gasteiger partial charge in [0, 0.05) is 11.4 Å². The van der Waals surface area contributed by atoms with Crippen molar-refractivity contribution < 1.29 is 14.6 Å². The Morgan fingerprint density at radius 3 is 2.53 bits per heavy atom. The summed E-state index contributed by atoms with van der Waals surface area (Å²) >= 11 is 0. The monoisotopic (exact) mass is 408 g/mol. The second kappa shape index (κ2) is 7.31. The molecule has 2 aliphatic carbocycles. The van der Waals surface area contributed by atoms with Crippen LogP contribution in [0.4, 0.5) is 11.4 Å². The Kier molecular flexibility index (Phi) is 5.05. The number of rotatable bonds is 3. The number of anilines is 2. The molecule has 160 valence electrons. The number of methoxy groups -OCH3 is 1. The minimum atomic E-state index is -0.274. The van der Waals surface area contributed by atoms with Gasteiger partial charge in [-0.15, -0.1) is 0 Å². The lowest BCUT2D eigenvalue weighted by Gasteiger charge is -2.56. The zero-order valence-electron chi connectivity index (χ0n) is 18.3. The van der Waals surface area contributed by atoms with Crippen molar-refractivity contribution in [2.24, 2.45) is 11.3 Å². The zero-order valence-corrected chi connectivity index (χ0v) is 18.3. The fourth-order valence-corrected chi connectivity index (χ4v) is 5.82. The van der Waals surface area contributed by atoms with Gasteiger partial charge in [0.05, 0.1) is 18.8 Å². The number of nitrogens with two attached hydrogens (primary N) is 1. The minimum Gasteiger partial charge on any atom is -0.496 e. The van der Waals surface area contributed by atoms with Crippen molar-refractivity contribution in [1.82, 2.24) is 0 Å². The van der Waals surface area contributed by atoms with Crippen LogP contribution in [0.1, 0.15) is 61.5 Å². The Labute approximate surface area is 178 Å². The molecule has 0 bridgehead atoms. The number of benzene rings is 2. The zero-order chi connectivity index (χ0) is 21.7. The van der Waals surface area contributed by atoms with Crippen molar-refractivity contribution in [3.8, 4) is 5.75 Å². The first-order valence-electron chi connectivity index (χ1n) is 10.7. The fraction of sp³-hybridized carbons (Fsp3) is 0.480. The van der Waals surface area contributed by atoms with Crippen molar-refractivity contribution >= 4 is 17.3 Å². The van der Waals surface area contributed by atoms with Crippen LogP contribution < -0.4 is 15.8 Å². The number of hydrogen-bond donors (Lipinski definition) is 3. The van der Waals surface area contributed by atoms with Crippen LogP contribution in [0.25, 0.3) is 0 Å². The second-order valence-electron chi connectivity index (χ2n) is 9.67. The normalized spacial score (nSPS) is 27.0. The third-order valence-corrected chi connectivity index (χ3v) is 7.62. The highest BCUT2D eigenvalue weighted by molar-refractivity contribution is 6.06. The van der Waals surface area contributed by atoms with E-state index in [1.54, 1.807) is 31.4 Å². The topological polar surface area (TPSA) is 84.6 Å². The van der Waals surface area contributed by atoms with Gasteiger partial charge < -0.3 is 20.9 Å². The van der Waals surface area contributed by atoms with Crippen LogP contribution in [0.3, 0.4) is 0 Å². The first-order valence-corrected chi connectivity index (χ1v) is 10.7. The Balaban J connectivity index is 1.71. The van der Waals surface area contributed by atoms with Crippen LogP contribution in [0.15, 0.2) is 36.4 Å². The summed E-state index contributed by atoms with van der Waals surface area (Å²) in [4.78, 5) is 13.0. The molecule has 4 rings (SSSR count). The van der Waals surface area contributed by atoms with Crippen LogP contribution in [0.2, 0.25) is 0 Å². The van der Waals surface area contributed by atoms with E-state index in [0.29, 0.717) is 28.6 Å². The number of carbonyl (C=O) groups is 1. The molecule has 5 heteroatoms. The second-order valence-corrected chi connectivity index (χ2v) is 9.67. The standard InChI is InChI=1S/C25H32N2O3/c1-24(2)21-10-5-15-13-18(23(29)27-17-8-6-16(26)7-9-17)20(30-4)14-19(15)25(21,3)12-11-22(24)28/h6-9,13-14,21-22,28H,5,10-12,26H2,1-4H3,(H,27,29)/t21-,22-,25+/m0/s1. The molecule has 1 saturated carbocycles. The van der Waals surface area contributed by atoms with Gasteiger partial charge in [0.1, 0.15) is 5.75 Å².